The van der Waals surface area contributed by atoms with Gasteiger partial charge in [0.15, 0.2) is 0 Å². The van der Waals surface area contributed by atoms with Gasteiger partial charge in [0.2, 0.25) is 0 Å². The Morgan fingerprint density at radius 1 is 1.25 bits per heavy atom. The van der Waals surface area contributed by atoms with Crippen LogP contribution in [0.2, 0.25) is 0 Å². The minimum absolute atomic E-state index is 0.138. The van der Waals surface area contributed by atoms with Gasteiger partial charge in [-0.1, -0.05) is 25.1 Å². The highest BCUT2D eigenvalue weighted by atomic mass is 16.4. The Labute approximate surface area is 93.9 Å². The molecule has 16 heavy (non-hydrogen) atoms. The lowest BCUT2D eigenvalue weighted by atomic mass is 9.84. The highest BCUT2D eigenvalue weighted by Crippen LogP contribution is 2.28. The fourth-order valence-corrected chi connectivity index (χ4v) is 2.58. The van der Waals surface area contributed by atoms with Gasteiger partial charge in [0.05, 0.1) is 0 Å². The highest BCUT2D eigenvalue weighted by molar-refractivity contribution is 5.81. The second-order valence-electron chi connectivity index (χ2n) is 4.69. The van der Waals surface area contributed by atoms with E-state index in [4.69, 9.17) is 4.42 Å². The van der Waals surface area contributed by atoms with E-state index in [0.717, 1.165) is 35.8 Å². The van der Waals surface area contributed by atoms with E-state index >= 15 is 0 Å². The van der Waals surface area contributed by atoms with Crippen LogP contribution in [0.3, 0.4) is 0 Å². The zero-order chi connectivity index (χ0) is 11.1. The van der Waals surface area contributed by atoms with E-state index in [0.29, 0.717) is 5.92 Å². The SMILES string of the molecule is CC1CCc2c(c3ccccc3oc2=O)C1. The van der Waals surface area contributed by atoms with Crippen LogP contribution in [0.15, 0.2) is 33.5 Å². The fourth-order valence-electron chi connectivity index (χ4n) is 2.58. The lowest BCUT2D eigenvalue weighted by Crippen LogP contribution is -2.19. The quantitative estimate of drug-likeness (QED) is 0.631. The first-order valence-electron chi connectivity index (χ1n) is 5.79. The van der Waals surface area contributed by atoms with Crippen LogP contribution < -0.4 is 5.63 Å². The number of hydrogen-bond acceptors (Lipinski definition) is 2. The largest absolute Gasteiger partial charge is 0.423 e. The molecule has 0 radical (unpaired) electrons. The van der Waals surface area contributed by atoms with Gasteiger partial charge in [0.25, 0.3) is 0 Å². The lowest BCUT2D eigenvalue weighted by Gasteiger charge is -2.21. The van der Waals surface area contributed by atoms with Crippen LogP contribution in [0.4, 0.5) is 0 Å². The van der Waals surface area contributed by atoms with Gasteiger partial charge in [-0.2, -0.15) is 0 Å². The van der Waals surface area contributed by atoms with Gasteiger partial charge in [-0.3, -0.25) is 0 Å². The third-order valence-corrected chi connectivity index (χ3v) is 3.47. The summed E-state index contributed by atoms with van der Waals surface area (Å²) in [5.74, 6) is 0.665. The molecule has 0 amide bonds. The van der Waals surface area contributed by atoms with Crippen LogP contribution >= 0.6 is 0 Å². The van der Waals surface area contributed by atoms with Gasteiger partial charge in [-0.25, -0.2) is 4.79 Å². The van der Waals surface area contributed by atoms with Crippen molar-refractivity contribution in [1.29, 1.82) is 0 Å². The average Bonchev–Trinajstić information content (AvgIpc) is 2.29. The van der Waals surface area contributed by atoms with E-state index in [1.165, 1.54) is 5.56 Å². The first-order chi connectivity index (χ1) is 7.75. The first kappa shape index (κ1) is 9.64. The van der Waals surface area contributed by atoms with Crippen molar-refractivity contribution in [3.8, 4) is 0 Å². The number of benzene rings is 1. The minimum Gasteiger partial charge on any atom is -0.423 e. The molecule has 82 valence electrons. The molecule has 2 aromatic rings. The van der Waals surface area contributed by atoms with Crippen molar-refractivity contribution >= 4 is 11.0 Å². The maximum atomic E-state index is 11.8. The summed E-state index contributed by atoms with van der Waals surface area (Å²) >= 11 is 0. The third-order valence-electron chi connectivity index (χ3n) is 3.47. The Balaban J connectivity index is 2.38. The molecule has 0 saturated carbocycles. The van der Waals surface area contributed by atoms with Crippen LogP contribution in [-0.2, 0) is 12.8 Å². The molecule has 1 aromatic heterocycles. The van der Waals surface area contributed by atoms with Crippen molar-refractivity contribution in [1.82, 2.24) is 0 Å². The van der Waals surface area contributed by atoms with E-state index < -0.39 is 0 Å². The maximum absolute atomic E-state index is 11.8. The molecule has 2 nitrogen and oxygen atoms in total. The summed E-state index contributed by atoms with van der Waals surface area (Å²) in [5, 5.41) is 1.11. The van der Waals surface area contributed by atoms with Crippen molar-refractivity contribution < 1.29 is 4.42 Å². The van der Waals surface area contributed by atoms with Gasteiger partial charge in [-0.05, 0) is 36.8 Å². The van der Waals surface area contributed by atoms with Crippen molar-refractivity contribution in [3.63, 3.8) is 0 Å². The van der Waals surface area contributed by atoms with E-state index in [-0.39, 0.29) is 5.63 Å². The Kier molecular flexibility index (Phi) is 2.10. The van der Waals surface area contributed by atoms with Crippen molar-refractivity contribution in [3.05, 3.63) is 45.8 Å². The van der Waals surface area contributed by atoms with Crippen LogP contribution in [0.1, 0.15) is 24.5 Å². The third kappa shape index (κ3) is 1.37. The second-order valence-corrected chi connectivity index (χ2v) is 4.69. The summed E-state index contributed by atoms with van der Waals surface area (Å²) < 4.78 is 5.34. The van der Waals surface area contributed by atoms with Crippen LogP contribution in [0.25, 0.3) is 11.0 Å². The molecule has 1 aliphatic carbocycles. The van der Waals surface area contributed by atoms with Gasteiger partial charge < -0.3 is 4.42 Å². The minimum atomic E-state index is -0.138. The molecule has 0 spiro atoms. The van der Waals surface area contributed by atoms with Crippen LogP contribution in [0, 0.1) is 5.92 Å². The van der Waals surface area contributed by atoms with Crippen molar-refractivity contribution in [2.45, 2.75) is 26.2 Å². The molecular formula is C14H14O2. The molecule has 1 unspecified atom stereocenters. The Morgan fingerprint density at radius 3 is 2.94 bits per heavy atom. The molecule has 0 aliphatic heterocycles. The molecule has 0 bridgehead atoms. The fraction of sp³-hybridized carbons (Fsp3) is 0.357. The van der Waals surface area contributed by atoms with Crippen molar-refractivity contribution in [2.24, 2.45) is 5.92 Å². The summed E-state index contributed by atoms with van der Waals surface area (Å²) in [6.45, 7) is 2.24. The normalized spacial score (nSPS) is 19.7. The molecule has 3 rings (SSSR count). The zero-order valence-corrected chi connectivity index (χ0v) is 9.32. The van der Waals surface area contributed by atoms with E-state index in [1.54, 1.807) is 0 Å². The molecule has 0 saturated heterocycles. The van der Waals surface area contributed by atoms with Gasteiger partial charge in [-0.15, -0.1) is 0 Å². The summed E-state index contributed by atoms with van der Waals surface area (Å²) in [7, 11) is 0. The molecule has 1 heterocycles. The maximum Gasteiger partial charge on any atom is 0.339 e. The lowest BCUT2D eigenvalue weighted by molar-refractivity contribution is 0.475. The Bertz CT molecular complexity index is 595. The van der Waals surface area contributed by atoms with Gasteiger partial charge in [0, 0.05) is 10.9 Å². The number of fused-ring (bicyclic) bond motifs is 3. The molecule has 0 N–H and O–H groups in total. The monoisotopic (exact) mass is 214 g/mol. The summed E-state index contributed by atoms with van der Waals surface area (Å²) in [6, 6.07) is 7.83. The predicted octanol–water partition coefficient (Wildman–Crippen LogP) is 2.92. The molecule has 1 aromatic carbocycles. The molecule has 1 atom stereocenters. The predicted molar refractivity (Wildman–Crippen MR) is 63.7 cm³/mol. The van der Waals surface area contributed by atoms with Gasteiger partial charge in [0.1, 0.15) is 5.58 Å². The topological polar surface area (TPSA) is 30.2 Å². The summed E-state index contributed by atoms with van der Waals surface area (Å²) in [5.41, 5.74) is 2.70. The molecular weight excluding hydrogens is 200 g/mol. The average molecular weight is 214 g/mol. The van der Waals surface area contributed by atoms with Crippen LogP contribution in [-0.4, -0.2) is 0 Å². The molecule has 1 aliphatic rings. The van der Waals surface area contributed by atoms with Crippen molar-refractivity contribution in [2.75, 3.05) is 0 Å². The standard InChI is InChI=1S/C14H14O2/c1-9-6-7-11-12(8-9)10-4-2-3-5-13(10)16-14(11)15/h2-5,9H,6-8H2,1H3. The number of hydrogen-bond donors (Lipinski definition) is 0. The number of rotatable bonds is 0. The van der Waals surface area contributed by atoms with Crippen LogP contribution in [0.5, 0.6) is 0 Å². The smallest absolute Gasteiger partial charge is 0.339 e. The second kappa shape index (κ2) is 3.48. The summed E-state index contributed by atoms with van der Waals surface area (Å²) in [4.78, 5) is 11.8. The zero-order valence-electron chi connectivity index (χ0n) is 9.32. The highest BCUT2D eigenvalue weighted by Gasteiger charge is 2.21. The Hall–Kier alpha value is -1.57. The van der Waals surface area contributed by atoms with E-state index in [2.05, 4.69) is 13.0 Å². The molecule has 0 fully saturated rings. The first-order valence-corrected chi connectivity index (χ1v) is 5.79. The summed E-state index contributed by atoms with van der Waals surface area (Å²) in [6.07, 6.45) is 2.96. The van der Waals surface area contributed by atoms with E-state index in [1.807, 2.05) is 18.2 Å². The van der Waals surface area contributed by atoms with E-state index in [9.17, 15) is 4.79 Å². The molecule has 2 heteroatoms. The van der Waals surface area contributed by atoms with Gasteiger partial charge >= 0.3 is 5.63 Å². The number of para-hydroxylation sites is 1. The Morgan fingerprint density at radius 2 is 2.06 bits per heavy atom.